The van der Waals surface area contributed by atoms with Gasteiger partial charge in [-0.15, -0.1) is 0 Å². The van der Waals surface area contributed by atoms with Gasteiger partial charge in [0.15, 0.2) is 9.84 Å². The van der Waals surface area contributed by atoms with Crippen molar-refractivity contribution in [2.75, 3.05) is 19.3 Å². The van der Waals surface area contributed by atoms with Gasteiger partial charge in [0.05, 0.1) is 4.90 Å². The van der Waals surface area contributed by atoms with Crippen LogP contribution in [0.2, 0.25) is 0 Å². The Morgan fingerprint density at radius 3 is 2.78 bits per heavy atom. The summed E-state index contributed by atoms with van der Waals surface area (Å²) in [4.78, 5) is 0.507. The van der Waals surface area contributed by atoms with Gasteiger partial charge in [0, 0.05) is 6.26 Å². The molecule has 0 saturated carbocycles. The maximum Gasteiger partial charge on any atom is 0.175 e. The van der Waals surface area contributed by atoms with Crippen LogP contribution in [-0.4, -0.2) is 27.8 Å². The summed E-state index contributed by atoms with van der Waals surface area (Å²) in [5.41, 5.74) is 1.97. The number of hydrogen-bond acceptors (Lipinski definition) is 3. The molecule has 1 aliphatic heterocycles. The van der Waals surface area contributed by atoms with Crippen molar-refractivity contribution in [2.24, 2.45) is 5.92 Å². The summed E-state index contributed by atoms with van der Waals surface area (Å²) >= 11 is 0. The molecular formula is C14H21NO2S. The average molecular weight is 267 g/mol. The number of aryl methyl sites for hydroxylation is 1. The summed E-state index contributed by atoms with van der Waals surface area (Å²) < 4.78 is 23.7. The lowest BCUT2D eigenvalue weighted by Crippen LogP contribution is -2.31. The molecule has 0 radical (unpaired) electrons. The molecule has 1 N–H and O–H groups in total. The highest BCUT2D eigenvalue weighted by atomic mass is 32.2. The fourth-order valence-corrected chi connectivity index (χ4v) is 3.61. The Morgan fingerprint density at radius 1 is 1.39 bits per heavy atom. The summed E-state index contributed by atoms with van der Waals surface area (Å²) in [7, 11) is -3.13. The van der Waals surface area contributed by atoms with Crippen molar-refractivity contribution in [3.63, 3.8) is 0 Å². The van der Waals surface area contributed by atoms with Crippen LogP contribution in [0.4, 0.5) is 0 Å². The molecule has 1 aromatic carbocycles. The number of hydrogen-bond donors (Lipinski definition) is 1. The van der Waals surface area contributed by atoms with Gasteiger partial charge in [-0.3, -0.25) is 0 Å². The van der Waals surface area contributed by atoms with Crippen LogP contribution in [0.1, 0.15) is 24.0 Å². The molecule has 0 spiro atoms. The number of piperidine rings is 1. The fourth-order valence-electron chi connectivity index (χ4n) is 2.58. The topological polar surface area (TPSA) is 46.2 Å². The highest BCUT2D eigenvalue weighted by Crippen LogP contribution is 2.23. The summed E-state index contributed by atoms with van der Waals surface area (Å²) in [5.74, 6) is 0.557. The molecule has 18 heavy (non-hydrogen) atoms. The fraction of sp³-hybridized carbons (Fsp3) is 0.571. The van der Waals surface area contributed by atoms with Gasteiger partial charge in [-0.2, -0.15) is 0 Å². The van der Waals surface area contributed by atoms with Crippen molar-refractivity contribution in [3.8, 4) is 0 Å². The van der Waals surface area contributed by atoms with E-state index < -0.39 is 9.84 Å². The highest BCUT2D eigenvalue weighted by molar-refractivity contribution is 7.90. The van der Waals surface area contributed by atoms with Gasteiger partial charge in [-0.05, 0) is 62.4 Å². The smallest absolute Gasteiger partial charge is 0.175 e. The van der Waals surface area contributed by atoms with Crippen molar-refractivity contribution in [3.05, 3.63) is 29.3 Å². The first-order valence-corrected chi connectivity index (χ1v) is 8.36. The molecule has 0 amide bonds. The zero-order valence-corrected chi connectivity index (χ0v) is 11.9. The van der Waals surface area contributed by atoms with E-state index in [0.717, 1.165) is 30.6 Å². The summed E-state index contributed by atoms with van der Waals surface area (Å²) in [5, 5.41) is 3.38. The normalized spacial score (nSPS) is 20.9. The molecule has 1 aromatic rings. The molecule has 2 rings (SSSR count). The quantitative estimate of drug-likeness (QED) is 0.910. The van der Waals surface area contributed by atoms with E-state index in [1.54, 1.807) is 6.07 Å². The molecule has 100 valence electrons. The van der Waals surface area contributed by atoms with Crippen molar-refractivity contribution >= 4 is 9.84 Å². The average Bonchev–Trinajstić information content (AvgIpc) is 2.31. The van der Waals surface area contributed by atoms with E-state index >= 15 is 0 Å². The SMILES string of the molecule is Cc1ccc(CC2CCCNC2)c(S(C)(=O)=O)c1. The molecule has 4 heteroatoms. The van der Waals surface area contributed by atoms with Gasteiger partial charge in [0.2, 0.25) is 0 Å². The minimum Gasteiger partial charge on any atom is -0.316 e. The number of sulfone groups is 1. The van der Waals surface area contributed by atoms with Crippen LogP contribution in [0.3, 0.4) is 0 Å². The Kier molecular flexibility index (Phi) is 4.07. The second-order valence-electron chi connectivity index (χ2n) is 5.30. The van der Waals surface area contributed by atoms with E-state index in [2.05, 4.69) is 5.32 Å². The first-order valence-electron chi connectivity index (χ1n) is 6.47. The first kappa shape index (κ1) is 13.6. The molecule has 0 aromatic heterocycles. The lowest BCUT2D eigenvalue weighted by Gasteiger charge is -2.23. The lowest BCUT2D eigenvalue weighted by atomic mass is 9.92. The minimum absolute atomic E-state index is 0.507. The lowest BCUT2D eigenvalue weighted by molar-refractivity contribution is 0.374. The third kappa shape index (κ3) is 3.33. The van der Waals surface area contributed by atoms with Crippen LogP contribution in [0.25, 0.3) is 0 Å². The van der Waals surface area contributed by atoms with Gasteiger partial charge in [-0.1, -0.05) is 12.1 Å². The zero-order chi connectivity index (χ0) is 13.2. The summed E-state index contributed by atoms with van der Waals surface area (Å²) in [6.07, 6.45) is 4.52. The Bertz CT molecular complexity index is 517. The predicted molar refractivity (Wildman–Crippen MR) is 73.6 cm³/mol. The highest BCUT2D eigenvalue weighted by Gasteiger charge is 2.19. The Morgan fingerprint density at radius 2 is 2.17 bits per heavy atom. The Balaban J connectivity index is 2.26. The van der Waals surface area contributed by atoms with Crippen LogP contribution in [0, 0.1) is 12.8 Å². The van der Waals surface area contributed by atoms with Gasteiger partial charge in [0.1, 0.15) is 0 Å². The number of benzene rings is 1. The van der Waals surface area contributed by atoms with Gasteiger partial charge in [0.25, 0.3) is 0 Å². The number of rotatable bonds is 3. The third-order valence-corrected chi connectivity index (χ3v) is 4.71. The van der Waals surface area contributed by atoms with Crippen molar-refractivity contribution in [2.45, 2.75) is 31.1 Å². The summed E-state index contributed by atoms with van der Waals surface area (Å²) in [6, 6.07) is 5.77. The van der Waals surface area contributed by atoms with E-state index in [1.807, 2.05) is 19.1 Å². The molecule has 1 aliphatic rings. The van der Waals surface area contributed by atoms with E-state index in [0.29, 0.717) is 10.8 Å². The molecule has 1 saturated heterocycles. The second-order valence-corrected chi connectivity index (χ2v) is 7.28. The molecule has 1 fully saturated rings. The van der Waals surface area contributed by atoms with Crippen LogP contribution in [0.5, 0.6) is 0 Å². The Labute approximate surface area is 110 Å². The molecule has 0 aliphatic carbocycles. The van der Waals surface area contributed by atoms with E-state index in [9.17, 15) is 8.42 Å². The van der Waals surface area contributed by atoms with Gasteiger partial charge >= 0.3 is 0 Å². The van der Waals surface area contributed by atoms with Crippen LogP contribution >= 0.6 is 0 Å². The van der Waals surface area contributed by atoms with Crippen LogP contribution in [0.15, 0.2) is 23.1 Å². The van der Waals surface area contributed by atoms with E-state index in [-0.39, 0.29) is 0 Å². The Hall–Kier alpha value is -0.870. The van der Waals surface area contributed by atoms with Crippen LogP contribution < -0.4 is 5.32 Å². The van der Waals surface area contributed by atoms with Gasteiger partial charge in [-0.25, -0.2) is 8.42 Å². The molecule has 1 heterocycles. The minimum atomic E-state index is -3.13. The molecule has 3 nitrogen and oxygen atoms in total. The van der Waals surface area contributed by atoms with E-state index in [1.165, 1.54) is 19.1 Å². The maximum absolute atomic E-state index is 11.8. The standard InChI is InChI=1S/C14H21NO2S/c1-11-5-6-13(14(8-11)18(2,16)17)9-12-4-3-7-15-10-12/h5-6,8,12,15H,3-4,7,9-10H2,1-2H3. The second kappa shape index (κ2) is 5.41. The molecular weight excluding hydrogens is 246 g/mol. The zero-order valence-electron chi connectivity index (χ0n) is 11.1. The van der Waals surface area contributed by atoms with Crippen LogP contribution in [-0.2, 0) is 16.3 Å². The largest absolute Gasteiger partial charge is 0.316 e. The molecule has 0 bridgehead atoms. The van der Waals surface area contributed by atoms with Crippen molar-refractivity contribution in [1.82, 2.24) is 5.32 Å². The van der Waals surface area contributed by atoms with E-state index in [4.69, 9.17) is 0 Å². The summed E-state index contributed by atoms with van der Waals surface area (Å²) in [6.45, 7) is 4.01. The first-order chi connectivity index (χ1) is 8.47. The maximum atomic E-state index is 11.8. The van der Waals surface area contributed by atoms with Gasteiger partial charge < -0.3 is 5.32 Å². The number of nitrogens with one attached hydrogen (secondary N) is 1. The third-order valence-electron chi connectivity index (χ3n) is 3.53. The molecule has 1 unspecified atom stereocenters. The molecule has 1 atom stereocenters. The predicted octanol–water partition coefficient (Wildman–Crippen LogP) is 1.94. The monoisotopic (exact) mass is 267 g/mol. The van der Waals surface area contributed by atoms with Crippen molar-refractivity contribution in [1.29, 1.82) is 0 Å². The van der Waals surface area contributed by atoms with Crippen molar-refractivity contribution < 1.29 is 8.42 Å².